The number of hydrogen-bond donors (Lipinski definition) is 3. The lowest BCUT2D eigenvalue weighted by molar-refractivity contribution is -0.136. The van der Waals surface area contributed by atoms with Gasteiger partial charge in [-0.3, -0.25) is 9.59 Å². The summed E-state index contributed by atoms with van der Waals surface area (Å²) < 4.78 is 10.2. The van der Waals surface area contributed by atoms with Crippen LogP contribution >= 0.6 is 0 Å². The molecule has 0 saturated heterocycles. The van der Waals surface area contributed by atoms with Crippen LogP contribution < -0.4 is 9.47 Å². The summed E-state index contributed by atoms with van der Waals surface area (Å²) in [5.41, 5.74) is 3.16. The maximum absolute atomic E-state index is 11.5. The van der Waals surface area contributed by atoms with Crippen molar-refractivity contribution in [3.05, 3.63) is 66.7 Å². The van der Waals surface area contributed by atoms with E-state index in [-0.39, 0.29) is 31.8 Å². The largest absolute Gasteiger partial charge is 0.508 e. The van der Waals surface area contributed by atoms with Gasteiger partial charge in [0.1, 0.15) is 17.2 Å². The fourth-order valence-corrected chi connectivity index (χ4v) is 2.92. The Morgan fingerprint density at radius 1 is 0.613 bits per heavy atom. The van der Waals surface area contributed by atoms with Gasteiger partial charge in [0.05, 0.1) is 26.1 Å². The Kier molecular flexibility index (Phi) is 7.37. The van der Waals surface area contributed by atoms with Gasteiger partial charge < -0.3 is 24.8 Å². The van der Waals surface area contributed by atoms with E-state index in [0.717, 1.165) is 22.3 Å². The first-order valence-corrected chi connectivity index (χ1v) is 9.66. The first-order chi connectivity index (χ1) is 15.0. The first kappa shape index (κ1) is 22.0. The number of carbonyl (C=O) groups is 2. The summed E-state index contributed by atoms with van der Waals surface area (Å²) in [4.78, 5) is 23.0. The highest BCUT2D eigenvalue weighted by molar-refractivity contribution is 5.77. The molecule has 0 fully saturated rings. The molecule has 0 atom stereocenters. The molecule has 7 nitrogen and oxygen atoms in total. The molecule has 0 spiro atoms. The number of phenolic OH excluding ortho intramolecular Hbond substituents is 1. The zero-order valence-electron chi connectivity index (χ0n) is 16.7. The molecule has 0 aromatic heterocycles. The van der Waals surface area contributed by atoms with Crippen LogP contribution in [0.2, 0.25) is 0 Å². The summed E-state index contributed by atoms with van der Waals surface area (Å²) in [6.45, 7) is -0.538. The lowest BCUT2D eigenvalue weighted by Gasteiger charge is -2.10. The molecule has 0 bridgehead atoms. The second-order valence-corrected chi connectivity index (χ2v) is 6.71. The fourth-order valence-electron chi connectivity index (χ4n) is 2.92. The Morgan fingerprint density at radius 3 is 1.35 bits per heavy atom. The van der Waals surface area contributed by atoms with Gasteiger partial charge in [0.15, 0.2) is 0 Å². The number of ether oxygens (including phenoxy) is 2. The van der Waals surface area contributed by atoms with Crippen LogP contribution in [-0.2, 0) is 9.59 Å². The molecule has 0 heterocycles. The molecule has 0 aliphatic carbocycles. The van der Waals surface area contributed by atoms with Crippen LogP contribution in [0.1, 0.15) is 12.8 Å². The SMILES string of the molecule is O=C(CCO)Oc1ccc(-c2cc(O)cc(-c3ccc(OC(=O)CCO)cc3)c2)cc1. The molecular weight excluding hydrogens is 400 g/mol. The van der Waals surface area contributed by atoms with Crippen molar-refractivity contribution in [2.75, 3.05) is 13.2 Å². The fraction of sp³-hybridized carbons (Fsp3) is 0.167. The van der Waals surface area contributed by atoms with Crippen LogP contribution in [0, 0.1) is 0 Å². The van der Waals surface area contributed by atoms with Crippen LogP contribution in [0.3, 0.4) is 0 Å². The van der Waals surface area contributed by atoms with Crippen molar-refractivity contribution >= 4 is 11.9 Å². The number of rotatable bonds is 8. The van der Waals surface area contributed by atoms with Gasteiger partial charge in [-0.15, -0.1) is 0 Å². The Bertz CT molecular complexity index is 959. The minimum atomic E-state index is -0.514. The molecule has 0 aliphatic rings. The van der Waals surface area contributed by atoms with E-state index in [1.165, 1.54) is 0 Å². The lowest BCUT2D eigenvalue weighted by atomic mass is 9.98. The van der Waals surface area contributed by atoms with Gasteiger partial charge in [0.2, 0.25) is 0 Å². The molecule has 0 saturated carbocycles. The summed E-state index contributed by atoms with van der Waals surface area (Å²) in [6, 6.07) is 18.8. The van der Waals surface area contributed by atoms with Crippen LogP contribution in [0.25, 0.3) is 22.3 Å². The Hall–Kier alpha value is -3.68. The normalized spacial score (nSPS) is 10.5. The highest BCUT2D eigenvalue weighted by atomic mass is 16.5. The van der Waals surface area contributed by atoms with Crippen LogP contribution in [-0.4, -0.2) is 40.5 Å². The average molecular weight is 422 g/mol. The number of aliphatic hydroxyl groups excluding tert-OH is 2. The van der Waals surface area contributed by atoms with E-state index >= 15 is 0 Å². The molecule has 0 radical (unpaired) electrons. The van der Waals surface area contributed by atoms with Gasteiger partial charge in [0.25, 0.3) is 0 Å². The van der Waals surface area contributed by atoms with Crippen molar-refractivity contribution in [1.29, 1.82) is 0 Å². The van der Waals surface area contributed by atoms with E-state index in [1.54, 1.807) is 60.7 Å². The van der Waals surface area contributed by atoms with Crippen LogP contribution in [0.4, 0.5) is 0 Å². The third-order valence-corrected chi connectivity index (χ3v) is 4.39. The number of carbonyl (C=O) groups excluding carboxylic acids is 2. The lowest BCUT2D eigenvalue weighted by Crippen LogP contribution is -2.09. The Labute approximate surface area is 179 Å². The molecule has 3 aromatic carbocycles. The van der Waals surface area contributed by atoms with Crippen molar-refractivity contribution in [3.63, 3.8) is 0 Å². The number of esters is 2. The number of aromatic hydroxyl groups is 1. The molecule has 7 heteroatoms. The van der Waals surface area contributed by atoms with E-state index in [9.17, 15) is 14.7 Å². The average Bonchev–Trinajstić information content (AvgIpc) is 2.74. The van der Waals surface area contributed by atoms with Crippen LogP contribution in [0.5, 0.6) is 17.2 Å². The van der Waals surface area contributed by atoms with E-state index < -0.39 is 11.9 Å². The van der Waals surface area contributed by atoms with Gasteiger partial charge in [-0.25, -0.2) is 0 Å². The topological polar surface area (TPSA) is 113 Å². The summed E-state index contributed by atoms with van der Waals surface area (Å²) >= 11 is 0. The second kappa shape index (κ2) is 10.4. The highest BCUT2D eigenvalue weighted by Gasteiger charge is 2.09. The standard InChI is InChI=1S/C24H22O7/c25-11-9-23(28)30-21-5-1-16(2-6-21)18-13-19(15-20(27)14-18)17-3-7-22(8-4-17)31-24(29)10-12-26/h1-8,13-15,25-27H,9-12H2. The molecule has 31 heavy (non-hydrogen) atoms. The van der Waals surface area contributed by atoms with E-state index in [0.29, 0.717) is 11.5 Å². The summed E-state index contributed by atoms with van der Waals surface area (Å²) in [5, 5.41) is 27.7. The van der Waals surface area contributed by atoms with Crippen molar-refractivity contribution in [1.82, 2.24) is 0 Å². The van der Waals surface area contributed by atoms with E-state index in [4.69, 9.17) is 19.7 Å². The Morgan fingerprint density at radius 2 is 1.00 bits per heavy atom. The molecule has 3 aromatic rings. The van der Waals surface area contributed by atoms with Crippen molar-refractivity contribution in [2.24, 2.45) is 0 Å². The van der Waals surface area contributed by atoms with Crippen LogP contribution in [0.15, 0.2) is 66.7 Å². The van der Waals surface area contributed by atoms with Gasteiger partial charge >= 0.3 is 11.9 Å². The predicted octanol–water partition coefficient (Wildman–Crippen LogP) is 3.30. The molecule has 160 valence electrons. The van der Waals surface area contributed by atoms with Gasteiger partial charge in [0, 0.05) is 0 Å². The van der Waals surface area contributed by atoms with E-state index in [2.05, 4.69) is 0 Å². The third kappa shape index (κ3) is 6.15. The quantitative estimate of drug-likeness (QED) is 0.377. The number of hydrogen-bond acceptors (Lipinski definition) is 7. The van der Waals surface area contributed by atoms with Gasteiger partial charge in [-0.05, 0) is 64.7 Å². The first-order valence-electron chi connectivity index (χ1n) is 9.66. The summed E-state index contributed by atoms with van der Waals surface area (Å²) in [6.07, 6.45) is -0.145. The second-order valence-electron chi connectivity index (χ2n) is 6.71. The molecular formula is C24H22O7. The molecule has 0 aliphatic heterocycles. The molecule has 3 rings (SSSR count). The third-order valence-electron chi connectivity index (χ3n) is 4.39. The minimum absolute atomic E-state index is 0.0723. The summed E-state index contributed by atoms with van der Waals surface area (Å²) in [5.74, 6) is -0.201. The smallest absolute Gasteiger partial charge is 0.313 e. The summed E-state index contributed by atoms with van der Waals surface area (Å²) in [7, 11) is 0. The van der Waals surface area contributed by atoms with Gasteiger partial charge in [-0.2, -0.15) is 0 Å². The number of phenols is 1. The maximum atomic E-state index is 11.5. The maximum Gasteiger partial charge on any atom is 0.313 e. The number of aliphatic hydroxyl groups is 2. The minimum Gasteiger partial charge on any atom is -0.508 e. The highest BCUT2D eigenvalue weighted by Crippen LogP contribution is 2.32. The molecule has 0 amide bonds. The predicted molar refractivity (Wildman–Crippen MR) is 114 cm³/mol. The monoisotopic (exact) mass is 422 g/mol. The van der Waals surface area contributed by atoms with Crippen molar-refractivity contribution < 1.29 is 34.4 Å². The van der Waals surface area contributed by atoms with Gasteiger partial charge in [-0.1, -0.05) is 24.3 Å². The van der Waals surface area contributed by atoms with E-state index in [1.807, 2.05) is 6.07 Å². The number of benzene rings is 3. The Balaban J connectivity index is 1.79. The van der Waals surface area contributed by atoms with Crippen molar-refractivity contribution in [3.8, 4) is 39.5 Å². The molecule has 3 N–H and O–H groups in total. The zero-order chi connectivity index (χ0) is 22.2. The molecule has 0 unspecified atom stereocenters. The van der Waals surface area contributed by atoms with Crippen molar-refractivity contribution in [2.45, 2.75) is 12.8 Å². The zero-order valence-corrected chi connectivity index (χ0v) is 16.7.